The summed E-state index contributed by atoms with van der Waals surface area (Å²) in [6.45, 7) is 3.52. The molecule has 0 aliphatic rings. The summed E-state index contributed by atoms with van der Waals surface area (Å²) in [6, 6.07) is 8.76. The number of aromatic nitrogens is 4. The fourth-order valence-corrected chi connectivity index (χ4v) is 4.29. The molecule has 0 amide bonds. The van der Waals surface area contributed by atoms with Gasteiger partial charge in [-0.25, -0.2) is 27.1 Å². The Balaban J connectivity index is 1.92. The van der Waals surface area contributed by atoms with E-state index < -0.39 is 10.0 Å². The smallest absolute Gasteiger partial charge is 0.244 e. The highest BCUT2D eigenvalue weighted by atomic mass is 32.2. The Morgan fingerprint density at radius 2 is 1.81 bits per heavy atom. The first kappa shape index (κ1) is 21.8. The van der Waals surface area contributed by atoms with Crippen molar-refractivity contribution >= 4 is 26.7 Å². The molecule has 4 rings (SSSR count). The Hall–Kier alpha value is -3.44. The van der Waals surface area contributed by atoms with Crippen LogP contribution in [0.3, 0.4) is 0 Å². The summed E-state index contributed by atoms with van der Waals surface area (Å²) < 4.78 is 45.8. The number of sulfonamides is 1. The van der Waals surface area contributed by atoms with Gasteiger partial charge in [-0.05, 0) is 42.3 Å². The van der Waals surface area contributed by atoms with Crippen molar-refractivity contribution in [3.8, 4) is 11.1 Å². The number of nitrogens with zero attached hydrogens (tertiary/aromatic N) is 5. The van der Waals surface area contributed by atoms with E-state index in [4.69, 9.17) is 4.52 Å². The van der Waals surface area contributed by atoms with Crippen LogP contribution in [0, 0.1) is 12.7 Å². The highest BCUT2D eigenvalue weighted by molar-refractivity contribution is 7.89. The average Bonchev–Trinajstić information content (AvgIpc) is 3.20. The third-order valence-electron chi connectivity index (χ3n) is 4.92. The third-order valence-corrected chi connectivity index (χ3v) is 6.75. The number of rotatable bonds is 6. The zero-order chi connectivity index (χ0) is 23.0. The van der Waals surface area contributed by atoms with Crippen LogP contribution < -0.4 is 5.32 Å². The second-order valence-electron chi connectivity index (χ2n) is 7.42. The van der Waals surface area contributed by atoms with Gasteiger partial charge in [-0.1, -0.05) is 17.3 Å². The lowest BCUT2D eigenvalue weighted by atomic mass is 10.0. The monoisotopic (exact) mass is 456 g/mol. The molecule has 0 saturated carbocycles. The van der Waals surface area contributed by atoms with E-state index in [0.29, 0.717) is 34.0 Å². The highest BCUT2D eigenvalue weighted by Crippen LogP contribution is 2.34. The summed E-state index contributed by atoms with van der Waals surface area (Å²) >= 11 is 0. The molecule has 1 atom stereocenters. The lowest BCUT2D eigenvalue weighted by molar-refractivity contribution is 0.385. The fraction of sp³-hybridized carbons (Fsp3) is 0.238. The molecule has 166 valence electrons. The molecular weight excluding hydrogens is 435 g/mol. The second-order valence-corrected chi connectivity index (χ2v) is 9.55. The molecule has 0 radical (unpaired) electrons. The van der Waals surface area contributed by atoms with Crippen LogP contribution >= 0.6 is 0 Å². The largest absolute Gasteiger partial charge is 0.360 e. The van der Waals surface area contributed by atoms with Gasteiger partial charge in [-0.2, -0.15) is 4.98 Å². The molecule has 0 spiro atoms. The first-order chi connectivity index (χ1) is 15.2. The van der Waals surface area contributed by atoms with Gasteiger partial charge in [0.1, 0.15) is 22.9 Å². The minimum Gasteiger partial charge on any atom is -0.360 e. The van der Waals surface area contributed by atoms with E-state index in [0.717, 1.165) is 4.31 Å². The molecule has 9 nitrogen and oxygen atoms in total. The van der Waals surface area contributed by atoms with Gasteiger partial charge in [0.2, 0.25) is 15.9 Å². The number of halogens is 1. The third kappa shape index (κ3) is 4.04. The Kier molecular flexibility index (Phi) is 5.61. The molecule has 2 heterocycles. The maximum Gasteiger partial charge on any atom is 0.244 e. The van der Waals surface area contributed by atoms with Gasteiger partial charge in [0, 0.05) is 26.4 Å². The Morgan fingerprint density at radius 1 is 1.09 bits per heavy atom. The normalized spacial score (nSPS) is 12.9. The summed E-state index contributed by atoms with van der Waals surface area (Å²) in [4.78, 5) is 12.8. The van der Waals surface area contributed by atoms with Crippen LogP contribution in [-0.2, 0) is 10.0 Å². The van der Waals surface area contributed by atoms with E-state index in [1.807, 2.05) is 6.92 Å². The van der Waals surface area contributed by atoms with Gasteiger partial charge in [-0.15, -0.1) is 0 Å². The predicted molar refractivity (Wildman–Crippen MR) is 117 cm³/mol. The average molecular weight is 457 g/mol. The Morgan fingerprint density at radius 3 is 2.44 bits per heavy atom. The summed E-state index contributed by atoms with van der Waals surface area (Å²) in [5, 5.41) is 7.61. The van der Waals surface area contributed by atoms with Crippen LogP contribution in [0.2, 0.25) is 0 Å². The van der Waals surface area contributed by atoms with Gasteiger partial charge >= 0.3 is 0 Å². The molecule has 0 aliphatic carbocycles. The molecule has 0 saturated heterocycles. The van der Waals surface area contributed by atoms with E-state index in [1.165, 1.54) is 38.6 Å². The van der Waals surface area contributed by atoms with Crippen LogP contribution in [-0.4, -0.2) is 46.9 Å². The Bertz CT molecular complexity index is 1390. The summed E-state index contributed by atoms with van der Waals surface area (Å²) in [6.07, 6.45) is 1.30. The molecule has 2 aromatic carbocycles. The van der Waals surface area contributed by atoms with E-state index >= 15 is 0 Å². The van der Waals surface area contributed by atoms with E-state index in [9.17, 15) is 12.8 Å². The lowest BCUT2D eigenvalue weighted by Crippen LogP contribution is -2.23. The van der Waals surface area contributed by atoms with Crippen LogP contribution in [0.5, 0.6) is 0 Å². The Labute approximate surface area is 184 Å². The van der Waals surface area contributed by atoms with Crippen molar-refractivity contribution in [2.45, 2.75) is 24.8 Å². The van der Waals surface area contributed by atoms with Crippen molar-refractivity contribution in [1.82, 2.24) is 24.4 Å². The maximum atomic E-state index is 13.4. The minimum absolute atomic E-state index is 0.0211. The molecule has 1 unspecified atom stereocenters. The molecular formula is C21H21FN6O3S. The van der Waals surface area contributed by atoms with E-state index in [2.05, 4.69) is 25.4 Å². The van der Waals surface area contributed by atoms with Crippen LogP contribution in [0.25, 0.3) is 22.0 Å². The molecule has 32 heavy (non-hydrogen) atoms. The minimum atomic E-state index is -3.83. The van der Waals surface area contributed by atoms with Crippen molar-refractivity contribution in [3.63, 3.8) is 0 Å². The molecule has 0 aliphatic heterocycles. The van der Waals surface area contributed by atoms with Gasteiger partial charge in [0.25, 0.3) is 0 Å². The number of nitrogens with one attached hydrogen (secondary N) is 1. The molecule has 2 aromatic heterocycles. The van der Waals surface area contributed by atoms with Crippen molar-refractivity contribution in [2.24, 2.45) is 0 Å². The second kappa shape index (κ2) is 8.24. The number of benzene rings is 2. The number of fused-ring (bicyclic) bond motifs is 1. The maximum absolute atomic E-state index is 13.4. The first-order valence-electron chi connectivity index (χ1n) is 9.71. The fourth-order valence-electron chi connectivity index (χ4n) is 3.21. The summed E-state index contributed by atoms with van der Waals surface area (Å²) in [5.74, 6) is 0.888. The van der Waals surface area contributed by atoms with Gasteiger partial charge in [0.05, 0.1) is 11.6 Å². The van der Waals surface area contributed by atoms with Crippen molar-refractivity contribution in [2.75, 3.05) is 19.4 Å². The van der Waals surface area contributed by atoms with E-state index in [1.54, 1.807) is 25.1 Å². The molecule has 0 bridgehead atoms. The number of anilines is 1. The lowest BCUT2D eigenvalue weighted by Gasteiger charge is -2.17. The SMILES string of the molecule is Cc1nc(C(C)Nc2ncnc3c(S(=O)(=O)N(C)C)cc(-c4ccc(F)cc4)cc23)no1. The highest BCUT2D eigenvalue weighted by Gasteiger charge is 2.24. The zero-order valence-corrected chi connectivity index (χ0v) is 18.7. The quantitative estimate of drug-likeness (QED) is 0.469. The van der Waals surface area contributed by atoms with Crippen molar-refractivity contribution in [1.29, 1.82) is 0 Å². The molecule has 4 aromatic rings. The van der Waals surface area contributed by atoms with Crippen LogP contribution in [0.1, 0.15) is 24.7 Å². The van der Waals surface area contributed by atoms with Crippen molar-refractivity contribution in [3.05, 3.63) is 60.3 Å². The summed E-state index contributed by atoms with van der Waals surface area (Å²) in [5.41, 5.74) is 1.50. The molecule has 11 heteroatoms. The van der Waals surface area contributed by atoms with Crippen molar-refractivity contribution < 1.29 is 17.3 Å². The summed E-state index contributed by atoms with van der Waals surface area (Å²) in [7, 11) is -0.932. The first-order valence-corrected chi connectivity index (χ1v) is 11.1. The van der Waals surface area contributed by atoms with Gasteiger partial charge in [-0.3, -0.25) is 0 Å². The van der Waals surface area contributed by atoms with Gasteiger partial charge in [0.15, 0.2) is 5.82 Å². The van der Waals surface area contributed by atoms with E-state index in [-0.39, 0.29) is 22.3 Å². The zero-order valence-electron chi connectivity index (χ0n) is 17.9. The number of hydrogen-bond donors (Lipinski definition) is 1. The van der Waals surface area contributed by atoms with Crippen LogP contribution in [0.15, 0.2) is 52.1 Å². The molecule has 1 N–H and O–H groups in total. The molecule has 0 fully saturated rings. The standard InChI is InChI=1S/C21H21FN6O3S/c1-12(20-26-13(2)31-27-20)25-21-17-9-15(14-5-7-16(22)8-6-14)10-18(19(17)23-11-24-21)32(29,30)28(3)4/h5-12H,1-4H3,(H,23,24,25). The number of aryl methyl sites for hydroxylation is 1. The topological polar surface area (TPSA) is 114 Å². The number of hydrogen-bond acceptors (Lipinski definition) is 8. The predicted octanol–water partition coefficient (Wildman–Crippen LogP) is 3.55. The van der Waals surface area contributed by atoms with Crippen LogP contribution in [0.4, 0.5) is 10.2 Å². The van der Waals surface area contributed by atoms with Gasteiger partial charge < -0.3 is 9.84 Å².